The lowest BCUT2D eigenvalue weighted by atomic mass is 10.1. The van der Waals surface area contributed by atoms with Gasteiger partial charge in [0.05, 0.1) is 16.8 Å². The summed E-state index contributed by atoms with van der Waals surface area (Å²) in [6.07, 6.45) is 9.07. The average Bonchev–Trinajstić information content (AvgIpc) is 2.58. The van der Waals surface area contributed by atoms with E-state index in [9.17, 15) is 14.9 Å². The monoisotopic (exact) mass is 311 g/mol. The van der Waals surface area contributed by atoms with E-state index in [1.54, 1.807) is 24.4 Å². The van der Waals surface area contributed by atoms with Crippen LogP contribution in [-0.2, 0) is 6.42 Å². The number of ketones is 1. The number of nitro benzene ring substituents is 1. The van der Waals surface area contributed by atoms with Crippen molar-refractivity contribution < 1.29 is 9.72 Å². The van der Waals surface area contributed by atoms with Crippen molar-refractivity contribution in [3.8, 4) is 0 Å². The summed E-state index contributed by atoms with van der Waals surface area (Å²) in [5, 5.41) is 10.6. The third kappa shape index (κ3) is 4.81. The second kappa shape index (κ2) is 7.93. The maximum Gasteiger partial charge on any atom is 0.269 e. The highest BCUT2D eigenvalue weighted by Gasteiger charge is 2.06. The highest BCUT2D eigenvalue weighted by molar-refractivity contribution is 6.05. The van der Waals surface area contributed by atoms with Gasteiger partial charge >= 0.3 is 0 Å². The number of nitrogens with zero attached hydrogens (tertiary/aromatic N) is 3. The van der Waals surface area contributed by atoms with Gasteiger partial charge in [0.25, 0.3) is 5.69 Å². The van der Waals surface area contributed by atoms with Crippen LogP contribution in [0, 0.1) is 10.1 Å². The summed E-state index contributed by atoms with van der Waals surface area (Å²) >= 11 is 0. The predicted octanol–water partition coefficient (Wildman–Crippen LogP) is 3.62. The van der Waals surface area contributed by atoms with E-state index in [1.807, 2.05) is 0 Å². The van der Waals surface area contributed by atoms with Crippen LogP contribution in [-0.4, -0.2) is 20.7 Å². The van der Waals surface area contributed by atoms with E-state index in [2.05, 4.69) is 16.9 Å². The summed E-state index contributed by atoms with van der Waals surface area (Å²) in [6, 6.07) is 5.96. The van der Waals surface area contributed by atoms with Crippen LogP contribution in [0.2, 0.25) is 0 Å². The Morgan fingerprint density at radius 3 is 2.52 bits per heavy atom. The first-order valence-electron chi connectivity index (χ1n) is 7.38. The van der Waals surface area contributed by atoms with Gasteiger partial charge in [-0.2, -0.15) is 0 Å². The molecule has 0 bridgehead atoms. The maximum atomic E-state index is 12.0. The Labute approximate surface area is 134 Å². The van der Waals surface area contributed by atoms with Crippen LogP contribution in [0.25, 0.3) is 6.08 Å². The number of hydrogen-bond acceptors (Lipinski definition) is 5. The Morgan fingerprint density at radius 1 is 1.22 bits per heavy atom. The van der Waals surface area contributed by atoms with E-state index in [1.165, 1.54) is 24.4 Å². The SMILES string of the molecule is CCCCc1cnc(C(=O)/C=C/c2ccc([N+](=O)[O-])cc2)cn1. The van der Waals surface area contributed by atoms with Crippen LogP contribution < -0.4 is 0 Å². The van der Waals surface area contributed by atoms with Crippen molar-refractivity contribution in [2.45, 2.75) is 26.2 Å². The molecule has 1 aromatic heterocycles. The first-order valence-corrected chi connectivity index (χ1v) is 7.38. The molecule has 0 aliphatic heterocycles. The Bertz CT molecular complexity index is 707. The van der Waals surface area contributed by atoms with E-state index in [0.29, 0.717) is 5.56 Å². The minimum Gasteiger partial charge on any atom is -0.287 e. The van der Waals surface area contributed by atoms with Crippen LogP contribution in [0.1, 0.15) is 41.5 Å². The topological polar surface area (TPSA) is 86.0 Å². The van der Waals surface area contributed by atoms with E-state index in [-0.39, 0.29) is 17.2 Å². The number of allylic oxidation sites excluding steroid dienone is 1. The normalized spacial score (nSPS) is 10.8. The number of aryl methyl sites for hydroxylation is 1. The quantitative estimate of drug-likeness (QED) is 0.337. The van der Waals surface area contributed by atoms with Crippen molar-refractivity contribution in [2.75, 3.05) is 0 Å². The zero-order chi connectivity index (χ0) is 16.7. The molecule has 23 heavy (non-hydrogen) atoms. The Balaban J connectivity index is 2.01. The molecule has 118 valence electrons. The molecular weight excluding hydrogens is 294 g/mol. The molecule has 2 aromatic rings. The molecule has 0 saturated carbocycles. The summed E-state index contributed by atoms with van der Waals surface area (Å²) < 4.78 is 0. The second-order valence-corrected chi connectivity index (χ2v) is 5.04. The molecule has 1 heterocycles. The van der Waals surface area contributed by atoms with Crippen LogP contribution in [0.5, 0.6) is 0 Å². The molecule has 0 spiro atoms. The van der Waals surface area contributed by atoms with Gasteiger partial charge in [0.2, 0.25) is 5.78 Å². The first-order chi connectivity index (χ1) is 11.1. The second-order valence-electron chi connectivity index (χ2n) is 5.04. The molecule has 0 aliphatic carbocycles. The van der Waals surface area contributed by atoms with Gasteiger partial charge in [-0.15, -0.1) is 0 Å². The minimum absolute atomic E-state index is 0.0158. The van der Waals surface area contributed by atoms with Gasteiger partial charge in [0.15, 0.2) is 0 Å². The Hall–Kier alpha value is -2.89. The molecule has 6 heteroatoms. The number of non-ortho nitro benzene ring substituents is 1. The number of carbonyl (C=O) groups is 1. The van der Waals surface area contributed by atoms with Gasteiger partial charge < -0.3 is 0 Å². The summed E-state index contributed by atoms with van der Waals surface area (Å²) in [4.78, 5) is 30.5. The number of carbonyl (C=O) groups excluding carboxylic acids is 1. The number of rotatable bonds is 7. The average molecular weight is 311 g/mol. The minimum atomic E-state index is -0.464. The summed E-state index contributed by atoms with van der Waals surface area (Å²) in [6.45, 7) is 2.11. The molecule has 0 saturated heterocycles. The fourth-order valence-electron chi connectivity index (χ4n) is 1.93. The van der Waals surface area contributed by atoms with Crippen LogP contribution >= 0.6 is 0 Å². The zero-order valence-electron chi connectivity index (χ0n) is 12.8. The summed E-state index contributed by atoms with van der Waals surface area (Å²) in [7, 11) is 0. The van der Waals surface area contributed by atoms with E-state index in [4.69, 9.17) is 0 Å². The number of unbranched alkanes of at least 4 members (excludes halogenated alkanes) is 1. The lowest BCUT2D eigenvalue weighted by Gasteiger charge is -1.99. The molecule has 6 nitrogen and oxygen atoms in total. The third-order valence-corrected chi connectivity index (χ3v) is 3.28. The number of nitro groups is 1. The molecular formula is C17H17N3O3. The highest BCUT2D eigenvalue weighted by Crippen LogP contribution is 2.13. The van der Waals surface area contributed by atoms with E-state index in [0.717, 1.165) is 25.0 Å². The van der Waals surface area contributed by atoms with Crippen LogP contribution in [0.3, 0.4) is 0 Å². The molecule has 2 rings (SSSR count). The third-order valence-electron chi connectivity index (χ3n) is 3.28. The fraction of sp³-hybridized carbons (Fsp3) is 0.235. The highest BCUT2D eigenvalue weighted by atomic mass is 16.6. The molecule has 0 aliphatic rings. The Kier molecular flexibility index (Phi) is 5.68. The van der Waals surface area contributed by atoms with Crippen LogP contribution in [0.4, 0.5) is 5.69 Å². The smallest absolute Gasteiger partial charge is 0.269 e. The number of benzene rings is 1. The number of aromatic nitrogens is 2. The van der Waals surface area contributed by atoms with Gasteiger partial charge in [-0.1, -0.05) is 19.4 Å². The largest absolute Gasteiger partial charge is 0.287 e. The van der Waals surface area contributed by atoms with Crippen molar-refractivity contribution >= 4 is 17.5 Å². The number of hydrogen-bond donors (Lipinski definition) is 0. The van der Waals surface area contributed by atoms with Gasteiger partial charge in [0, 0.05) is 18.3 Å². The molecule has 0 radical (unpaired) electrons. The van der Waals surface area contributed by atoms with Gasteiger partial charge in [-0.25, -0.2) is 4.98 Å². The van der Waals surface area contributed by atoms with Gasteiger partial charge in [-0.3, -0.25) is 19.9 Å². The standard InChI is InChI=1S/C17H17N3O3/c1-2-3-4-14-11-19-16(12-18-14)17(21)10-7-13-5-8-15(9-6-13)20(22)23/h5-12H,2-4H2,1H3/b10-7+. The molecule has 1 aromatic carbocycles. The van der Waals surface area contributed by atoms with Crippen molar-refractivity contribution in [3.63, 3.8) is 0 Å². The van der Waals surface area contributed by atoms with Crippen molar-refractivity contribution in [3.05, 3.63) is 69.8 Å². The molecule has 0 amide bonds. The molecule has 0 atom stereocenters. The van der Waals surface area contributed by atoms with Crippen molar-refractivity contribution in [1.82, 2.24) is 9.97 Å². The Morgan fingerprint density at radius 2 is 1.96 bits per heavy atom. The van der Waals surface area contributed by atoms with E-state index >= 15 is 0 Å². The van der Waals surface area contributed by atoms with Gasteiger partial charge in [0.1, 0.15) is 5.69 Å². The molecule has 0 unspecified atom stereocenters. The maximum absolute atomic E-state index is 12.0. The predicted molar refractivity (Wildman–Crippen MR) is 87.1 cm³/mol. The van der Waals surface area contributed by atoms with Gasteiger partial charge in [-0.05, 0) is 36.6 Å². The van der Waals surface area contributed by atoms with Crippen LogP contribution in [0.15, 0.2) is 42.7 Å². The zero-order valence-corrected chi connectivity index (χ0v) is 12.8. The summed E-state index contributed by atoms with van der Waals surface area (Å²) in [5.41, 5.74) is 1.88. The lowest BCUT2D eigenvalue weighted by Crippen LogP contribution is -2.01. The molecule has 0 N–H and O–H groups in total. The summed E-state index contributed by atoms with van der Waals surface area (Å²) in [5.74, 6) is -0.252. The fourth-order valence-corrected chi connectivity index (χ4v) is 1.93. The van der Waals surface area contributed by atoms with Crippen molar-refractivity contribution in [2.24, 2.45) is 0 Å². The molecule has 0 fully saturated rings. The first kappa shape index (κ1) is 16.5. The van der Waals surface area contributed by atoms with Crippen molar-refractivity contribution in [1.29, 1.82) is 0 Å². The lowest BCUT2D eigenvalue weighted by molar-refractivity contribution is -0.384. The van der Waals surface area contributed by atoms with E-state index < -0.39 is 4.92 Å².